The van der Waals surface area contributed by atoms with Gasteiger partial charge < -0.3 is 29.5 Å². The summed E-state index contributed by atoms with van der Waals surface area (Å²) in [6.07, 6.45) is 18.8. The molecule has 0 aliphatic carbocycles. The van der Waals surface area contributed by atoms with E-state index in [0.717, 1.165) is 50.1 Å². The van der Waals surface area contributed by atoms with Gasteiger partial charge in [-0.05, 0) is 62.9 Å². The number of hydrogen-bond acceptors (Lipinski definition) is 6. The Bertz CT molecular complexity index is 860. The second-order valence-corrected chi connectivity index (χ2v) is 12.4. The first-order chi connectivity index (χ1) is 20.6. The van der Waals surface area contributed by atoms with Gasteiger partial charge in [0.15, 0.2) is 17.8 Å². The van der Waals surface area contributed by atoms with E-state index >= 15 is 0 Å². The zero-order chi connectivity index (χ0) is 29.8. The monoisotopic (exact) mass is 588 g/mol. The van der Waals surface area contributed by atoms with Crippen molar-refractivity contribution < 1.29 is 24.1 Å². The fourth-order valence-corrected chi connectivity index (χ4v) is 6.14. The molecule has 2 heterocycles. The normalized spacial score (nSPS) is 17.2. The van der Waals surface area contributed by atoms with Gasteiger partial charge in [-0.3, -0.25) is 4.79 Å². The number of fused-ring (bicyclic) bond motifs is 1. The number of carbonyl (C=O) groups is 1. The molecule has 0 spiro atoms. The van der Waals surface area contributed by atoms with Crippen LogP contribution in [0.1, 0.15) is 141 Å². The number of nitrogens with zero attached hydrogens (tertiary/aromatic N) is 1. The molecule has 0 saturated carbocycles. The highest BCUT2D eigenvalue weighted by atomic mass is 16.6. The van der Waals surface area contributed by atoms with E-state index in [1.165, 1.54) is 77.0 Å². The average Bonchev–Trinajstić information content (AvgIpc) is 3.51. The number of aliphatic hydroxyl groups excluding tert-OH is 1. The second kappa shape index (κ2) is 21.0. The Hall–Kier alpha value is -1.83. The third-order valence-corrected chi connectivity index (χ3v) is 8.63. The summed E-state index contributed by atoms with van der Waals surface area (Å²) < 4.78 is 18.1. The maximum Gasteiger partial charge on any atom is 0.220 e. The van der Waals surface area contributed by atoms with E-state index in [4.69, 9.17) is 14.2 Å². The largest absolute Gasteiger partial charge is 0.486 e. The highest BCUT2D eigenvalue weighted by Gasteiger charge is 2.31. The van der Waals surface area contributed by atoms with Gasteiger partial charge in [-0.2, -0.15) is 0 Å². The van der Waals surface area contributed by atoms with Crippen LogP contribution in [0.2, 0.25) is 0 Å². The van der Waals surface area contributed by atoms with Crippen LogP contribution in [0.3, 0.4) is 0 Å². The number of ether oxygens (including phenoxy) is 3. The van der Waals surface area contributed by atoms with Crippen molar-refractivity contribution in [2.45, 2.75) is 148 Å². The maximum absolute atomic E-state index is 13.2. The number of nitrogens with one attached hydrogen (secondary N) is 1. The fourth-order valence-electron chi connectivity index (χ4n) is 6.14. The number of aliphatic hydroxyl groups is 1. The number of likely N-dealkylation sites (tertiary alicyclic amines) is 1. The summed E-state index contributed by atoms with van der Waals surface area (Å²) in [7, 11) is 0. The van der Waals surface area contributed by atoms with Gasteiger partial charge >= 0.3 is 0 Å². The number of hydrogen-bond donors (Lipinski definition) is 2. The lowest BCUT2D eigenvalue weighted by Crippen LogP contribution is -2.48. The molecule has 42 heavy (non-hydrogen) atoms. The molecule has 1 aromatic rings. The van der Waals surface area contributed by atoms with Crippen molar-refractivity contribution >= 4 is 5.91 Å². The van der Waals surface area contributed by atoms with Gasteiger partial charge in [-0.15, -0.1) is 0 Å². The maximum atomic E-state index is 13.2. The predicted molar refractivity (Wildman–Crippen MR) is 170 cm³/mol. The summed E-state index contributed by atoms with van der Waals surface area (Å²) >= 11 is 0. The highest BCUT2D eigenvalue weighted by molar-refractivity contribution is 5.76. The van der Waals surface area contributed by atoms with Gasteiger partial charge in [-0.1, -0.05) is 97.0 Å². The molecular formula is C35H60N2O5. The van der Waals surface area contributed by atoms with Crippen LogP contribution in [0.15, 0.2) is 18.2 Å². The smallest absolute Gasteiger partial charge is 0.220 e. The summed E-state index contributed by atoms with van der Waals surface area (Å²) in [6.45, 7) is 8.26. The molecule has 3 atom stereocenters. The van der Waals surface area contributed by atoms with E-state index in [2.05, 4.69) is 24.1 Å². The van der Waals surface area contributed by atoms with E-state index < -0.39 is 12.4 Å². The van der Waals surface area contributed by atoms with Crippen molar-refractivity contribution in [1.82, 2.24) is 10.2 Å². The average molecular weight is 589 g/mol. The third kappa shape index (κ3) is 13.2. The first-order valence-corrected chi connectivity index (χ1v) is 17.4. The minimum Gasteiger partial charge on any atom is -0.486 e. The van der Waals surface area contributed by atoms with Crippen LogP contribution in [0.5, 0.6) is 11.5 Å². The van der Waals surface area contributed by atoms with Crippen molar-refractivity contribution in [2.75, 3.05) is 32.8 Å². The first kappa shape index (κ1) is 34.7. The van der Waals surface area contributed by atoms with Crippen LogP contribution in [0.4, 0.5) is 0 Å². The van der Waals surface area contributed by atoms with Gasteiger partial charge in [-0.25, -0.2) is 0 Å². The Labute approximate surface area is 256 Å². The summed E-state index contributed by atoms with van der Waals surface area (Å²) in [6, 6.07) is 5.62. The Kier molecular flexibility index (Phi) is 17.3. The van der Waals surface area contributed by atoms with E-state index in [1.807, 2.05) is 18.2 Å². The van der Waals surface area contributed by atoms with Gasteiger partial charge in [0.2, 0.25) is 5.91 Å². The van der Waals surface area contributed by atoms with Crippen LogP contribution in [0.25, 0.3) is 0 Å². The number of amides is 1. The van der Waals surface area contributed by atoms with Crippen LogP contribution < -0.4 is 14.8 Å². The molecule has 0 aromatic heterocycles. The number of benzene rings is 1. The summed E-state index contributed by atoms with van der Waals surface area (Å²) in [5, 5.41) is 14.4. The minimum atomic E-state index is -0.889. The zero-order valence-electron chi connectivity index (χ0n) is 26.8. The Morgan fingerprint density at radius 2 is 1.45 bits per heavy atom. The van der Waals surface area contributed by atoms with E-state index in [0.29, 0.717) is 38.3 Å². The van der Waals surface area contributed by atoms with Crippen LogP contribution in [0, 0.1) is 0 Å². The van der Waals surface area contributed by atoms with Crippen molar-refractivity contribution in [1.29, 1.82) is 0 Å². The molecule has 3 rings (SSSR count). The van der Waals surface area contributed by atoms with Crippen LogP contribution in [-0.2, 0) is 9.53 Å². The lowest BCUT2D eigenvalue weighted by molar-refractivity contribution is -0.155. The molecule has 7 heteroatoms. The number of carbonyl (C=O) groups excluding carboxylic acids is 1. The molecule has 1 aromatic carbocycles. The molecule has 1 amide bonds. The van der Waals surface area contributed by atoms with Crippen molar-refractivity contribution in [3.63, 3.8) is 0 Å². The van der Waals surface area contributed by atoms with E-state index in [-0.39, 0.29) is 11.9 Å². The van der Waals surface area contributed by atoms with Gasteiger partial charge in [0.1, 0.15) is 19.3 Å². The van der Waals surface area contributed by atoms with E-state index in [9.17, 15) is 9.90 Å². The molecule has 1 saturated heterocycles. The number of rotatable bonds is 23. The Morgan fingerprint density at radius 3 is 2.12 bits per heavy atom. The van der Waals surface area contributed by atoms with Crippen LogP contribution >= 0.6 is 0 Å². The second-order valence-electron chi connectivity index (χ2n) is 12.4. The highest BCUT2D eigenvalue weighted by Crippen LogP contribution is 2.35. The molecular weight excluding hydrogens is 528 g/mol. The number of unbranched alkanes of at least 4 members (excludes halogenated alkanes) is 12. The molecule has 0 bridgehead atoms. The van der Waals surface area contributed by atoms with Crippen molar-refractivity contribution in [3.05, 3.63) is 23.8 Å². The Morgan fingerprint density at radius 1 is 0.857 bits per heavy atom. The standard InChI is InChI=1S/C35H60N2O5/c1-3-5-7-9-10-11-12-14-16-20-34(39)42-35(29-21-22-31-32(27-29)41-26-25-40-31)30(28-37-23-17-18-24-37)36-33(38)19-15-13-8-6-4-2/h21-22,27,30,34-35,39H,3-20,23-26,28H2,1-2H3,(H,36,38)/t30-,34?,35-/m1/s1. The minimum absolute atomic E-state index is 0.0651. The van der Waals surface area contributed by atoms with Crippen molar-refractivity contribution in [3.8, 4) is 11.5 Å². The molecule has 2 N–H and O–H groups in total. The topological polar surface area (TPSA) is 80.3 Å². The molecule has 240 valence electrons. The Balaban J connectivity index is 1.64. The zero-order valence-corrected chi connectivity index (χ0v) is 26.8. The predicted octanol–water partition coefficient (Wildman–Crippen LogP) is 7.70. The lowest BCUT2D eigenvalue weighted by Gasteiger charge is -2.33. The van der Waals surface area contributed by atoms with E-state index in [1.54, 1.807) is 0 Å². The SMILES string of the molecule is CCCCCCCCCCCC(O)O[C@H](c1ccc2c(c1)OCCO2)[C@@H](CN1CCCC1)NC(=O)CCCCCCC. The lowest BCUT2D eigenvalue weighted by atomic mass is 9.99. The van der Waals surface area contributed by atoms with Gasteiger partial charge in [0.25, 0.3) is 0 Å². The molecule has 2 aliphatic rings. The summed E-state index contributed by atoms with van der Waals surface area (Å²) in [4.78, 5) is 15.6. The molecule has 1 unspecified atom stereocenters. The third-order valence-electron chi connectivity index (χ3n) is 8.63. The molecule has 7 nitrogen and oxygen atoms in total. The molecule has 2 aliphatic heterocycles. The summed E-state index contributed by atoms with van der Waals surface area (Å²) in [5.74, 6) is 1.49. The first-order valence-electron chi connectivity index (χ1n) is 17.4. The van der Waals surface area contributed by atoms with Crippen molar-refractivity contribution in [2.24, 2.45) is 0 Å². The summed E-state index contributed by atoms with van der Waals surface area (Å²) in [5.41, 5.74) is 0.901. The van der Waals surface area contributed by atoms with Gasteiger partial charge in [0, 0.05) is 13.0 Å². The molecule has 0 radical (unpaired) electrons. The fraction of sp³-hybridized carbons (Fsp3) is 0.800. The van der Waals surface area contributed by atoms with Crippen LogP contribution in [-0.4, -0.2) is 61.1 Å². The molecule has 1 fully saturated rings. The quantitative estimate of drug-likeness (QED) is 0.101. The van der Waals surface area contributed by atoms with Gasteiger partial charge in [0.05, 0.1) is 6.04 Å².